The topological polar surface area (TPSA) is 64.1 Å². The molecule has 1 N–H and O–H groups in total. The van der Waals surface area contributed by atoms with Crippen LogP contribution in [0.3, 0.4) is 0 Å². The Morgan fingerprint density at radius 3 is 2.64 bits per heavy atom. The highest BCUT2D eigenvalue weighted by Gasteiger charge is 2.32. The van der Waals surface area contributed by atoms with E-state index in [4.69, 9.17) is 4.74 Å². The van der Waals surface area contributed by atoms with Gasteiger partial charge >= 0.3 is 5.69 Å². The SMILES string of the molecule is CC[C@H]1O[C@@H](n2cc([13C]#[13C][Si](C)(C)C)c(=O)[nH]c2=O)C[C@H]1C. The lowest BCUT2D eigenvalue weighted by Crippen LogP contribution is -2.33. The van der Waals surface area contributed by atoms with Gasteiger partial charge in [-0.1, -0.05) is 39.4 Å². The summed E-state index contributed by atoms with van der Waals surface area (Å²) in [6, 6.07) is 0. The molecule has 1 aromatic heterocycles. The predicted molar refractivity (Wildman–Crippen MR) is 89.5 cm³/mol. The van der Waals surface area contributed by atoms with E-state index in [0.29, 0.717) is 11.5 Å². The Balaban J connectivity index is 2.39. The highest BCUT2D eigenvalue weighted by molar-refractivity contribution is 6.83. The molecule has 1 aliphatic heterocycles. The quantitative estimate of drug-likeness (QED) is 0.515. The Labute approximate surface area is 131 Å². The maximum atomic E-state index is 12.1. The van der Waals surface area contributed by atoms with Gasteiger partial charge in [0, 0.05) is 6.20 Å². The van der Waals surface area contributed by atoms with Crippen LogP contribution < -0.4 is 11.2 Å². The van der Waals surface area contributed by atoms with Crippen LogP contribution in [-0.4, -0.2) is 23.7 Å². The third-order valence-corrected chi connectivity index (χ3v) is 4.67. The van der Waals surface area contributed by atoms with Crippen molar-refractivity contribution in [2.24, 2.45) is 5.92 Å². The molecule has 120 valence electrons. The van der Waals surface area contributed by atoms with Crippen molar-refractivity contribution >= 4 is 8.07 Å². The third kappa shape index (κ3) is 3.79. The normalized spacial score (nSPS) is 24.9. The molecule has 1 fully saturated rings. The standard InChI is InChI=1S/C16H24N2O3Si/c1-6-13-11(2)9-14(21-13)18-10-12(7-8-22(3,4)5)15(19)17-16(18)20/h10-11,13-14H,6,9H2,1-5H3,(H,17,19,20)/t11-,13-,14-/m1/s1/i7+1,8+1. The van der Waals surface area contributed by atoms with E-state index in [-0.39, 0.29) is 12.3 Å². The van der Waals surface area contributed by atoms with Gasteiger partial charge in [0.2, 0.25) is 0 Å². The number of aromatic nitrogens is 2. The monoisotopic (exact) mass is 322 g/mol. The first kappa shape index (κ1) is 16.8. The Morgan fingerprint density at radius 2 is 2.09 bits per heavy atom. The summed E-state index contributed by atoms with van der Waals surface area (Å²) < 4.78 is 7.41. The highest BCUT2D eigenvalue weighted by atomic mass is 28.3. The number of rotatable bonds is 2. The minimum absolute atomic E-state index is 0.153. The molecule has 0 aliphatic carbocycles. The van der Waals surface area contributed by atoms with Gasteiger partial charge in [0.05, 0.1) is 6.10 Å². The van der Waals surface area contributed by atoms with Crippen LogP contribution >= 0.6 is 0 Å². The molecule has 0 unspecified atom stereocenters. The molecule has 0 bridgehead atoms. The zero-order valence-corrected chi connectivity index (χ0v) is 14.9. The average molecular weight is 322 g/mol. The fourth-order valence-electron chi connectivity index (χ4n) is 2.58. The molecule has 0 saturated carbocycles. The summed E-state index contributed by atoms with van der Waals surface area (Å²) in [6.45, 7) is 10.5. The summed E-state index contributed by atoms with van der Waals surface area (Å²) in [5.41, 5.74) is 2.63. The number of H-pyrrole nitrogens is 1. The van der Waals surface area contributed by atoms with Crippen molar-refractivity contribution in [1.82, 2.24) is 9.55 Å². The van der Waals surface area contributed by atoms with E-state index in [1.54, 1.807) is 6.20 Å². The van der Waals surface area contributed by atoms with Crippen molar-refractivity contribution in [2.75, 3.05) is 0 Å². The first-order valence-corrected chi connectivity index (χ1v) is 11.3. The molecule has 2 rings (SSSR count). The van der Waals surface area contributed by atoms with Crippen molar-refractivity contribution in [3.63, 3.8) is 0 Å². The zero-order chi connectivity index (χ0) is 16.5. The molecule has 0 aromatic carbocycles. The van der Waals surface area contributed by atoms with Crippen molar-refractivity contribution in [3.05, 3.63) is 32.6 Å². The van der Waals surface area contributed by atoms with Crippen LogP contribution in [0, 0.1) is 17.4 Å². The van der Waals surface area contributed by atoms with Crippen LogP contribution in [0.15, 0.2) is 15.8 Å². The van der Waals surface area contributed by atoms with Crippen molar-refractivity contribution < 1.29 is 4.74 Å². The smallest absolute Gasteiger partial charge is 0.330 e. The van der Waals surface area contributed by atoms with E-state index in [1.165, 1.54) is 4.57 Å². The fourth-order valence-corrected chi connectivity index (χ4v) is 3.09. The van der Waals surface area contributed by atoms with E-state index in [2.05, 4.69) is 49.9 Å². The Kier molecular flexibility index (Phi) is 4.78. The molecular weight excluding hydrogens is 298 g/mol. The molecule has 22 heavy (non-hydrogen) atoms. The molecule has 1 saturated heterocycles. The molecule has 0 spiro atoms. The number of hydrogen-bond donors (Lipinski definition) is 1. The van der Waals surface area contributed by atoms with Gasteiger partial charge in [0.15, 0.2) is 0 Å². The summed E-state index contributed by atoms with van der Waals surface area (Å²) >= 11 is 0. The van der Waals surface area contributed by atoms with Gasteiger partial charge in [0.1, 0.15) is 19.9 Å². The van der Waals surface area contributed by atoms with Gasteiger partial charge < -0.3 is 4.74 Å². The summed E-state index contributed by atoms with van der Waals surface area (Å²) in [5, 5.41) is 0. The molecule has 1 aromatic rings. The number of aromatic amines is 1. The van der Waals surface area contributed by atoms with Crippen LogP contribution in [0.25, 0.3) is 0 Å². The van der Waals surface area contributed by atoms with Crippen molar-refractivity contribution in [3.8, 4) is 11.5 Å². The minimum atomic E-state index is -1.59. The molecular formula is C16H24N2O3Si. The van der Waals surface area contributed by atoms with E-state index in [0.717, 1.165) is 12.8 Å². The van der Waals surface area contributed by atoms with E-state index in [9.17, 15) is 9.59 Å². The largest absolute Gasteiger partial charge is 0.354 e. The minimum Gasteiger partial charge on any atom is -0.354 e. The van der Waals surface area contributed by atoms with Gasteiger partial charge in [0.25, 0.3) is 5.56 Å². The Morgan fingerprint density at radius 1 is 1.41 bits per heavy atom. The lowest BCUT2D eigenvalue weighted by molar-refractivity contribution is -0.00762. The molecule has 5 nitrogen and oxygen atoms in total. The van der Waals surface area contributed by atoms with Crippen LogP contribution in [0.2, 0.25) is 19.6 Å². The maximum absolute atomic E-state index is 12.1. The maximum Gasteiger partial charge on any atom is 0.330 e. The fraction of sp³-hybridized carbons (Fsp3) is 0.625. The second-order valence-corrected chi connectivity index (χ2v) is 11.7. The molecule has 3 atom stereocenters. The first-order valence-electron chi connectivity index (χ1n) is 7.75. The van der Waals surface area contributed by atoms with Gasteiger partial charge in [-0.05, 0) is 18.8 Å². The summed E-state index contributed by atoms with van der Waals surface area (Å²) in [6.07, 6.45) is 3.06. The molecule has 2 heterocycles. The predicted octanol–water partition coefficient (Wildman–Crippen LogP) is 2.10. The Bertz CT molecular complexity index is 718. The van der Waals surface area contributed by atoms with E-state index < -0.39 is 19.3 Å². The van der Waals surface area contributed by atoms with Gasteiger partial charge in [-0.25, -0.2) is 4.79 Å². The summed E-state index contributed by atoms with van der Waals surface area (Å²) in [7, 11) is -1.59. The van der Waals surface area contributed by atoms with E-state index >= 15 is 0 Å². The number of hydrogen-bond acceptors (Lipinski definition) is 3. The second-order valence-electron chi connectivity index (χ2n) is 6.96. The molecule has 1 aliphatic rings. The van der Waals surface area contributed by atoms with E-state index in [1.807, 2.05) is 0 Å². The van der Waals surface area contributed by atoms with Crippen LogP contribution in [0.4, 0.5) is 0 Å². The first-order chi connectivity index (χ1) is 10.2. The number of nitrogens with zero attached hydrogens (tertiary/aromatic N) is 1. The molecule has 0 radical (unpaired) electrons. The van der Waals surface area contributed by atoms with Crippen LogP contribution in [0.5, 0.6) is 0 Å². The zero-order valence-electron chi connectivity index (χ0n) is 13.9. The molecule has 0 amide bonds. The summed E-state index contributed by atoms with van der Waals surface area (Å²) in [4.78, 5) is 26.3. The van der Waals surface area contributed by atoms with Gasteiger partial charge in [-0.2, -0.15) is 0 Å². The second kappa shape index (κ2) is 6.27. The van der Waals surface area contributed by atoms with Crippen LogP contribution in [0.1, 0.15) is 38.5 Å². The highest BCUT2D eigenvalue weighted by Crippen LogP contribution is 2.33. The lowest BCUT2D eigenvalue weighted by atomic mass is 10.0. The number of nitrogens with one attached hydrogen (secondary N) is 1. The third-order valence-electron chi connectivity index (χ3n) is 3.79. The van der Waals surface area contributed by atoms with Crippen molar-refractivity contribution in [2.45, 2.75) is 58.7 Å². The summed E-state index contributed by atoms with van der Waals surface area (Å²) in [5.74, 6) is 3.33. The number of ether oxygens (including phenoxy) is 1. The van der Waals surface area contributed by atoms with Gasteiger partial charge in [-0.3, -0.25) is 14.3 Å². The molecule has 6 heteroatoms. The average Bonchev–Trinajstić information content (AvgIpc) is 2.77. The van der Waals surface area contributed by atoms with Crippen molar-refractivity contribution in [1.29, 1.82) is 0 Å². The Hall–Kier alpha value is -1.58. The van der Waals surface area contributed by atoms with Crippen LogP contribution in [-0.2, 0) is 4.74 Å². The van der Waals surface area contributed by atoms with Gasteiger partial charge in [-0.15, -0.1) is 5.54 Å². The lowest BCUT2D eigenvalue weighted by Gasteiger charge is -2.15.